The van der Waals surface area contributed by atoms with Gasteiger partial charge in [0.25, 0.3) is 5.69 Å². The van der Waals surface area contributed by atoms with Crippen molar-refractivity contribution in [2.45, 2.75) is 20.3 Å². The van der Waals surface area contributed by atoms with E-state index in [1.165, 1.54) is 12.1 Å². The van der Waals surface area contributed by atoms with Gasteiger partial charge in [-0.1, -0.05) is 12.1 Å². The largest absolute Gasteiger partial charge is 0.353 e. The highest BCUT2D eigenvalue weighted by atomic mass is 16.6. The van der Waals surface area contributed by atoms with Gasteiger partial charge in [-0.2, -0.15) is 5.10 Å². The molecule has 1 aromatic carbocycles. The Bertz CT molecular complexity index is 613. The molecule has 0 atom stereocenters. The van der Waals surface area contributed by atoms with Crippen molar-refractivity contribution in [3.05, 3.63) is 51.3 Å². The van der Waals surface area contributed by atoms with Crippen molar-refractivity contribution in [1.82, 2.24) is 15.2 Å². The van der Waals surface area contributed by atoms with Crippen molar-refractivity contribution < 1.29 is 4.92 Å². The van der Waals surface area contributed by atoms with E-state index in [0.29, 0.717) is 12.5 Å². The summed E-state index contributed by atoms with van der Waals surface area (Å²) < 4.78 is 0. The molecule has 0 radical (unpaired) electrons. The molecule has 0 aliphatic heterocycles. The van der Waals surface area contributed by atoms with E-state index in [-0.39, 0.29) is 5.69 Å². The number of aryl methyl sites for hydroxylation is 2. The van der Waals surface area contributed by atoms with Crippen molar-refractivity contribution in [1.29, 1.82) is 0 Å². The minimum absolute atomic E-state index is 0.100. The number of nitro groups is 1. The molecule has 0 saturated carbocycles. The zero-order chi connectivity index (χ0) is 14.5. The van der Waals surface area contributed by atoms with Gasteiger partial charge in [-0.3, -0.25) is 10.1 Å². The molecule has 0 fully saturated rings. The van der Waals surface area contributed by atoms with Gasteiger partial charge in [0.15, 0.2) is 0 Å². The molecule has 2 aromatic rings. The molecule has 104 valence electrons. The molecule has 20 heavy (non-hydrogen) atoms. The van der Waals surface area contributed by atoms with E-state index in [2.05, 4.69) is 20.5 Å². The van der Waals surface area contributed by atoms with Crippen molar-refractivity contribution in [3.63, 3.8) is 0 Å². The third-order valence-corrected chi connectivity index (χ3v) is 2.94. The highest BCUT2D eigenvalue weighted by Gasteiger charge is 2.04. The van der Waals surface area contributed by atoms with Crippen LogP contribution in [0.1, 0.15) is 17.0 Å². The first-order chi connectivity index (χ1) is 9.56. The maximum Gasteiger partial charge on any atom is 0.269 e. The molecule has 2 rings (SSSR count). The van der Waals surface area contributed by atoms with E-state index in [0.717, 1.165) is 23.4 Å². The van der Waals surface area contributed by atoms with Crippen LogP contribution >= 0.6 is 0 Å². The Balaban J connectivity index is 1.89. The van der Waals surface area contributed by atoms with Gasteiger partial charge in [-0.05, 0) is 25.8 Å². The summed E-state index contributed by atoms with van der Waals surface area (Å²) in [6.07, 6.45) is 0.730. The topological polar surface area (TPSA) is 93.8 Å². The Kier molecular flexibility index (Phi) is 4.19. The molecule has 0 amide bonds. The fraction of sp³-hybridized carbons (Fsp3) is 0.308. The van der Waals surface area contributed by atoms with E-state index in [9.17, 15) is 10.1 Å². The van der Waals surface area contributed by atoms with Crippen LogP contribution in [-0.2, 0) is 6.42 Å². The van der Waals surface area contributed by atoms with Gasteiger partial charge in [0, 0.05) is 18.7 Å². The number of hydrogen-bond donors (Lipinski definition) is 1. The molecule has 1 N–H and O–H groups in total. The first kappa shape index (κ1) is 13.9. The molecule has 0 aliphatic carbocycles. The quantitative estimate of drug-likeness (QED) is 0.662. The van der Waals surface area contributed by atoms with Crippen molar-refractivity contribution >= 4 is 11.6 Å². The Morgan fingerprint density at radius 1 is 1.15 bits per heavy atom. The van der Waals surface area contributed by atoms with Crippen molar-refractivity contribution in [2.75, 3.05) is 11.9 Å². The summed E-state index contributed by atoms with van der Waals surface area (Å²) in [5.74, 6) is 0.495. The fourth-order valence-corrected chi connectivity index (χ4v) is 1.63. The number of benzene rings is 1. The molecule has 7 nitrogen and oxygen atoms in total. The summed E-state index contributed by atoms with van der Waals surface area (Å²) >= 11 is 0. The monoisotopic (exact) mass is 273 g/mol. The molecule has 0 aliphatic rings. The molecule has 1 aromatic heterocycles. The molecule has 0 spiro atoms. The summed E-state index contributed by atoms with van der Waals surface area (Å²) in [4.78, 5) is 14.4. The SMILES string of the molecule is Cc1nnc(NCCc2ccc([N+](=O)[O-])cc2)nc1C. The van der Waals surface area contributed by atoms with Crippen LogP contribution in [0.5, 0.6) is 0 Å². The summed E-state index contributed by atoms with van der Waals surface area (Å²) in [6.45, 7) is 4.38. The van der Waals surface area contributed by atoms with Crippen LogP contribution in [0.4, 0.5) is 11.6 Å². The number of nitrogens with one attached hydrogen (secondary N) is 1. The third kappa shape index (κ3) is 3.47. The van der Waals surface area contributed by atoms with E-state index >= 15 is 0 Å². The predicted octanol–water partition coefficient (Wildman–Crippen LogP) is 2.05. The number of nitrogens with zero attached hydrogens (tertiary/aromatic N) is 4. The summed E-state index contributed by atoms with van der Waals surface area (Å²) in [5, 5.41) is 21.6. The number of nitro benzene ring substituents is 1. The van der Waals surface area contributed by atoms with Gasteiger partial charge in [-0.25, -0.2) is 4.98 Å². The number of non-ortho nitro benzene ring substituents is 1. The zero-order valence-electron chi connectivity index (χ0n) is 11.3. The Hall–Kier alpha value is -2.57. The second-order valence-corrected chi connectivity index (χ2v) is 4.41. The van der Waals surface area contributed by atoms with Gasteiger partial charge in [-0.15, -0.1) is 5.10 Å². The molecule has 7 heteroatoms. The minimum atomic E-state index is -0.406. The van der Waals surface area contributed by atoms with Crippen molar-refractivity contribution in [2.24, 2.45) is 0 Å². The van der Waals surface area contributed by atoms with Crippen LogP contribution in [0.15, 0.2) is 24.3 Å². The van der Waals surface area contributed by atoms with E-state index in [1.54, 1.807) is 12.1 Å². The van der Waals surface area contributed by atoms with Crippen LogP contribution in [0.2, 0.25) is 0 Å². The smallest absolute Gasteiger partial charge is 0.269 e. The lowest BCUT2D eigenvalue weighted by molar-refractivity contribution is -0.384. The van der Waals surface area contributed by atoms with Gasteiger partial charge < -0.3 is 5.32 Å². The molecular formula is C13H15N5O2. The summed E-state index contributed by atoms with van der Waals surface area (Å²) in [5.41, 5.74) is 2.77. The first-order valence-corrected chi connectivity index (χ1v) is 6.21. The Morgan fingerprint density at radius 3 is 2.45 bits per heavy atom. The van der Waals surface area contributed by atoms with Crippen LogP contribution < -0.4 is 5.32 Å². The van der Waals surface area contributed by atoms with Crippen LogP contribution in [0, 0.1) is 24.0 Å². The first-order valence-electron chi connectivity index (χ1n) is 6.21. The highest BCUT2D eigenvalue weighted by Crippen LogP contribution is 2.12. The average molecular weight is 273 g/mol. The highest BCUT2D eigenvalue weighted by molar-refractivity contribution is 5.33. The Morgan fingerprint density at radius 2 is 1.85 bits per heavy atom. The molecule has 0 bridgehead atoms. The standard InChI is InChI=1S/C13H15N5O2/c1-9-10(2)16-17-13(15-9)14-8-7-11-3-5-12(6-4-11)18(19)20/h3-6H,7-8H2,1-2H3,(H,14,15,17). The second kappa shape index (κ2) is 6.05. The maximum absolute atomic E-state index is 10.5. The molecular weight excluding hydrogens is 258 g/mol. The second-order valence-electron chi connectivity index (χ2n) is 4.41. The number of anilines is 1. The van der Waals surface area contributed by atoms with Crippen LogP contribution in [0.3, 0.4) is 0 Å². The van der Waals surface area contributed by atoms with Gasteiger partial charge in [0.2, 0.25) is 5.95 Å². The zero-order valence-corrected chi connectivity index (χ0v) is 11.3. The molecule has 0 saturated heterocycles. The van der Waals surface area contributed by atoms with Crippen LogP contribution in [0.25, 0.3) is 0 Å². The molecule has 1 heterocycles. The minimum Gasteiger partial charge on any atom is -0.353 e. The van der Waals surface area contributed by atoms with Gasteiger partial charge in [0.05, 0.1) is 16.3 Å². The normalized spacial score (nSPS) is 10.3. The van der Waals surface area contributed by atoms with E-state index in [1.807, 2.05) is 13.8 Å². The predicted molar refractivity (Wildman–Crippen MR) is 74.6 cm³/mol. The Labute approximate surface area is 116 Å². The third-order valence-electron chi connectivity index (χ3n) is 2.94. The van der Waals surface area contributed by atoms with Gasteiger partial charge >= 0.3 is 0 Å². The number of hydrogen-bond acceptors (Lipinski definition) is 6. The summed E-state index contributed by atoms with van der Waals surface area (Å²) in [7, 11) is 0. The van der Waals surface area contributed by atoms with Gasteiger partial charge in [0.1, 0.15) is 0 Å². The summed E-state index contributed by atoms with van der Waals surface area (Å²) in [6, 6.07) is 6.51. The lowest BCUT2D eigenvalue weighted by atomic mass is 10.1. The maximum atomic E-state index is 10.5. The van der Waals surface area contributed by atoms with E-state index < -0.39 is 4.92 Å². The number of rotatable bonds is 5. The fourth-order valence-electron chi connectivity index (χ4n) is 1.63. The van der Waals surface area contributed by atoms with Crippen molar-refractivity contribution in [3.8, 4) is 0 Å². The lowest BCUT2D eigenvalue weighted by Gasteiger charge is -2.05. The molecule has 0 unspecified atom stereocenters. The lowest BCUT2D eigenvalue weighted by Crippen LogP contribution is -2.10. The number of aromatic nitrogens is 3. The van der Waals surface area contributed by atoms with E-state index in [4.69, 9.17) is 0 Å². The average Bonchev–Trinajstić information content (AvgIpc) is 2.43. The van der Waals surface area contributed by atoms with Crippen LogP contribution in [-0.4, -0.2) is 26.6 Å².